The van der Waals surface area contributed by atoms with Gasteiger partial charge in [-0.15, -0.1) is 0 Å². The fourth-order valence-corrected chi connectivity index (χ4v) is 2.25. The molecule has 0 bridgehead atoms. The van der Waals surface area contributed by atoms with Crippen molar-refractivity contribution in [3.8, 4) is 5.88 Å². The van der Waals surface area contributed by atoms with Gasteiger partial charge in [-0.2, -0.15) is 0 Å². The molecule has 0 saturated heterocycles. The number of nitrogens with zero attached hydrogens (tertiary/aromatic N) is 3. The zero-order valence-electron chi connectivity index (χ0n) is 15.6. The van der Waals surface area contributed by atoms with Crippen LogP contribution >= 0.6 is 15.9 Å². The minimum atomic E-state index is -0.302. The monoisotopic (exact) mass is 462 g/mol. The second-order valence-corrected chi connectivity index (χ2v) is 6.28. The zero-order valence-corrected chi connectivity index (χ0v) is 17.2. The summed E-state index contributed by atoms with van der Waals surface area (Å²) < 4.78 is 12.1. The lowest BCUT2D eigenvalue weighted by atomic mass is 10.4. The predicted molar refractivity (Wildman–Crippen MR) is 112 cm³/mol. The van der Waals surface area contributed by atoms with Gasteiger partial charge < -0.3 is 25.3 Å². The van der Waals surface area contributed by atoms with Gasteiger partial charge in [0.1, 0.15) is 0 Å². The fraction of sp³-hybridized carbons (Fsp3) is 0.111. The van der Waals surface area contributed by atoms with Crippen molar-refractivity contribution in [3.05, 3.63) is 86.2 Å². The Hall–Kier alpha value is -3.60. The molecule has 10 nitrogen and oxygen atoms in total. The summed E-state index contributed by atoms with van der Waals surface area (Å²) in [4.78, 5) is 32.1. The standard InChI is InChI=1S/C9H9N3O2.C5H6N2O.C4H4BrNO/c1-6-11-5-8(14-6)12-4-2-3-7(10)9(12)13;6-4-2-1-3-7-5(4)8;1-3-6-2-4(5)7-3/h2-5H,10H2,1H3;1-3H,6H2,(H,7,8);2H,1H3. The number of nitrogens with one attached hydrogen (secondary N) is 1. The van der Waals surface area contributed by atoms with Gasteiger partial charge in [0, 0.05) is 26.2 Å². The number of nitrogen functional groups attached to an aromatic ring is 2. The van der Waals surface area contributed by atoms with Crippen LogP contribution in [0.15, 0.2) is 72.1 Å². The Bertz CT molecular complexity index is 1160. The van der Waals surface area contributed by atoms with Gasteiger partial charge in [0.15, 0.2) is 16.5 Å². The van der Waals surface area contributed by atoms with Crippen molar-refractivity contribution in [3.63, 3.8) is 0 Å². The van der Waals surface area contributed by atoms with Crippen LogP contribution < -0.4 is 22.6 Å². The maximum absolute atomic E-state index is 11.5. The molecule has 0 atom stereocenters. The van der Waals surface area contributed by atoms with Gasteiger partial charge in [0.25, 0.3) is 11.1 Å². The third-order valence-electron chi connectivity index (χ3n) is 3.26. The van der Waals surface area contributed by atoms with Crippen LogP contribution in [0.4, 0.5) is 11.4 Å². The highest BCUT2D eigenvalue weighted by Crippen LogP contribution is 2.08. The Morgan fingerprint density at radius 1 is 1.00 bits per heavy atom. The third-order valence-corrected chi connectivity index (χ3v) is 3.63. The molecule has 4 heterocycles. The van der Waals surface area contributed by atoms with Crippen molar-refractivity contribution in [1.82, 2.24) is 19.5 Å². The smallest absolute Gasteiger partial charge is 0.280 e. The summed E-state index contributed by atoms with van der Waals surface area (Å²) in [7, 11) is 0. The van der Waals surface area contributed by atoms with Crippen molar-refractivity contribution < 1.29 is 8.83 Å². The molecule has 29 heavy (non-hydrogen) atoms. The van der Waals surface area contributed by atoms with Crippen LogP contribution in [0.1, 0.15) is 11.8 Å². The van der Waals surface area contributed by atoms with Crippen LogP contribution in [0, 0.1) is 13.8 Å². The van der Waals surface area contributed by atoms with Gasteiger partial charge in [-0.25, -0.2) is 9.97 Å². The van der Waals surface area contributed by atoms with Crippen LogP contribution in [0.25, 0.3) is 5.88 Å². The van der Waals surface area contributed by atoms with Gasteiger partial charge in [0.2, 0.25) is 5.88 Å². The maximum atomic E-state index is 11.5. The van der Waals surface area contributed by atoms with Gasteiger partial charge in [-0.3, -0.25) is 14.2 Å². The highest BCUT2D eigenvalue weighted by Gasteiger charge is 2.05. The largest absolute Gasteiger partial charge is 0.434 e. The molecule has 4 aromatic rings. The first-order chi connectivity index (χ1) is 13.8. The summed E-state index contributed by atoms with van der Waals surface area (Å²) in [6.45, 7) is 3.51. The molecule has 0 unspecified atom stereocenters. The Labute approximate surface area is 173 Å². The lowest BCUT2D eigenvalue weighted by Crippen LogP contribution is -2.19. The number of hydrogen-bond acceptors (Lipinski definition) is 8. The number of H-pyrrole nitrogens is 1. The molecule has 0 radical (unpaired) electrons. The number of hydrogen-bond donors (Lipinski definition) is 3. The fourth-order valence-electron chi connectivity index (χ4n) is 1.92. The topological polar surface area (TPSA) is 159 Å². The minimum Gasteiger partial charge on any atom is -0.434 e. The van der Waals surface area contributed by atoms with E-state index in [0.29, 0.717) is 22.3 Å². The Balaban J connectivity index is 0.000000170. The lowest BCUT2D eigenvalue weighted by molar-refractivity contribution is 0.497. The quantitative estimate of drug-likeness (QED) is 0.388. The van der Waals surface area contributed by atoms with Crippen molar-refractivity contribution in [2.24, 2.45) is 0 Å². The van der Waals surface area contributed by atoms with E-state index in [2.05, 4.69) is 30.9 Å². The molecule has 4 rings (SSSR count). The number of rotatable bonds is 1. The van der Waals surface area contributed by atoms with Gasteiger partial charge in [-0.1, -0.05) is 0 Å². The molecule has 0 aliphatic carbocycles. The second kappa shape index (κ2) is 10.1. The first-order valence-corrected chi connectivity index (χ1v) is 8.98. The molecular weight excluding hydrogens is 444 g/mol. The second-order valence-electron chi connectivity index (χ2n) is 5.49. The summed E-state index contributed by atoms with van der Waals surface area (Å²) in [5, 5.41) is 0. The molecule has 0 spiro atoms. The number of aromatic amines is 1. The molecule has 0 fully saturated rings. The predicted octanol–water partition coefficient (Wildman–Crippen LogP) is 2.42. The van der Waals surface area contributed by atoms with Gasteiger partial charge in [0.05, 0.1) is 23.8 Å². The van der Waals surface area contributed by atoms with Crippen LogP contribution in [-0.4, -0.2) is 19.5 Å². The molecule has 4 aromatic heterocycles. The number of pyridine rings is 2. The first kappa shape index (κ1) is 21.7. The Kier molecular flexibility index (Phi) is 7.54. The summed E-state index contributed by atoms with van der Waals surface area (Å²) in [6, 6.07) is 6.45. The van der Waals surface area contributed by atoms with Crippen molar-refractivity contribution >= 4 is 27.3 Å². The van der Waals surface area contributed by atoms with E-state index in [1.807, 2.05) is 0 Å². The summed E-state index contributed by atoms with van der Waals surface area (Å²) in [6.07, 6.45) is 6.23. The van der Waals surface area contributed by atoms with Crippen molar-refractivity contribution in [2.75, 3.05) is 11.5 Å². The molecule has 0 amide bonds. The van der Waals surface area contributed by atoms with E-state index in [1.165, 1.54) is 10.8 Å². The average molecular weight is 463 g/mol. The molecule has 0 aromatic carbocycles. The summed E-state index contributed by atoms with van der Waals surface area (Å²) >= 11 is 3.10. The van der Waals surface area contributed by atoms with Gasteiger partial charge >= 0.3 is 0 Å². The molecule has 5 N–H and O–H groups in total. The summed E-state index contributed by atoms with van der Waals surface area (Å²) in [5.41, 5.74) is 10.6. The SMILES string of the molecule is Cc1ncc(-n2cccc(N)c2=O)o1.Cc1ncc(Br)o1.Nc1ccc[nH]c1=O. The Morgan fingerprint density at radius 3 is 2.10 bits per heavy atom. The number of aryl methyl sites for hydroxylation is 2. The molecule has 0 aliphatic heterocycles. The van der Waals surface area contributed by atoms with E-state index in [1.54, 1.807) is 56.7 Å². The number of oxazole rings is 2. The molecule has 0 aliphatic rings. The van der Waals surface area contributed by atoms with Crippen LogP contribution in [0.2, 0.25) is 0 Å². The van der Waals surface area contributed by atoms with Crippen LogP contribution in [0.5, 0.6) is 0 Å². The van der Waals surface area contributed by atoms with E-state index >= 15 is 0 Å². The van der Waals surface area contributed by atoms with Crippen molar-refractivity contribution in [2.45, 2.75) is 13.8 Å². The highest BCUT2D eigenvalue weighted by molar-refractivity contribution is 9.10. The van der Waals surface area contributed by atoms with E-state index < -0.39 is 0 Å². The van der Waals surface area contributed by atoms with Gasteiger partial charge in [-0.05, 0) is 40.2 Å². The number of nitrogens with two attached hydrogens (primary N) is 2. The molecule has 11 heteroatoms. The first-order valence-electron chi connectivity index (χ1n) is 8.19. The zero-order chi connectivity index (χ0) is 21.4. The number of halogens is 1. The summed E-state index contributed by atoms with van der Waals surface area (Å²) in [5.74, 6) is 1.57. The van der Waals surface area contributed by atoms with E-state index in [4.69, 9.17) is 20.3 Å². The minimum absolute atomic E-state index is 0.182. The van der Waals surface area contributed by atoms with E-state index in [0.717, 1.165) is 0 Å². The normalized spacial score (nSPS) is 9.76. The number of anilines is 2. The molecule has 152 valence electrons. The lowest BCUT2D eigenvalue weighted by Gasteiger charge is -2.00. The number of aromatic nitrogens is 4. The van der Waals surface area contributed by atoms with E-state index in [-0.39, 0.29) is 22.5 Å². The molecular formula is C18H19BrN6O4. The third kappa shape index (κ3) is 6.50. The van der Waals surface area contributed by atoms with Crippen LogP contribution in [-0.2, 0) is 0 Å². The average Bonchev–Trinajstić information content (AvgIpc) is 3.28. The van der Waals surface area contributed by atoms with Crippen LogP contribution in [0.3, 0.4) is 0 Å². The van der Waals surface area contributed by atoms with Crippen molar-refractivity contribution in [1.29, 1.82) is 0 Å². The highest BCUT2D eigenvalue weighted by atomic mass is 79.9. The molecule has 0 saturated carbocycles. The van der Waals surface area contributed by atoms with E-state index in [9.17, 15) is 9.59 Å². The maximum Gasteiger partial charge on any atom is 0.280 e. The Morgan fingerprint density at radius 2 is 1.66 bits per heavy atom.